The molecule has 1 N–H and O–H groups in total. The lowest BCUT2D eigenvalue weighted by atomic mass is 9.94. The minimum atomic E-state index is -0.677. The van der Waals surface area contributed by atoms with Crippen LogP contribution >= 0.6 is 15.9 Å². The van der Waals surface area contributed by atoms with Crippen molar-refractivity contribution in [2.24, 2.45) is 5.92 Å². The summed E-state index contributed by atoms with van der Waals surface area (Å²) in [6.45, 7) is 3.81. The van der Waals surface area contributed by atoms with Crippen molar-refractivity contribution < 1.29 is 14.6 Å². The highest BCUT2D eigenvalue weighted by atomic mass is 79.9. The van der Waals surface area contributed by atoms with Crippen LogP contribution in [0.5, 0.6) is 0 Å². The Balaban J connectivity index is 2.81. The molecule has 0 bridgehead atoms. The third-order valence-corrected chi connectivity index (χ3v) is 3.42. The fraction of sp³-hybridized carbons (Fsp3) is 0.462. The summed E-state index contributed by atoms with van der Waals surface area (Å²) < 4.78 is 5.46. The lowest BCUT2D eigenvalue weighted by Crippen LogP contribution is -2.15. The van der Waals surface area contributed by atoms with Crippen molar-refractivity contribution >= 4 is 21.9 Å². The Bertz CT molecular complexity index is 404. The molecule has 1 rings (SSSR count). The number of aliphatic hydroxyl groups excluding tert-OH is 1. The second-order valence-corrected chi connectivity index (χ2v) is 5.08. The van der Waals surface area contributed by atoms with Gasteiger partial charge >= 0.3 is 5.97 Å². The molecule has 0 amide bonds. The molecule has 2 unspecified atom stereocenters. The SMILES string of the molecule is COC(=O)CC(C)C(O)c1ccc(C)cc1Br. The van der Waals surface area contributed by atoms with Crippen molar-refractivity contribution in [3.8, 4) is 0 Å². The van der Waals surface area contributed by atoms with Crippen LogP contribution in [-0.4, -0.2) is 18.2 Å². The third-order valence-electron chi connectivity index (χ3n) is 2.73. The predicted octanol–water partition coefficient (Wildman–Crippen LogP) is 2.99. The average Bonchev–Trinajstić information content (AvgIpc) is 2.28. The van der Waals surface area contributed by atoms with Gasteiger partial charge in [0.05, 0.1) is 19.6 Å². The van der Waals surface area contributed by atoms with E-state index in [9.17, 15) is 9.90 Å². The van der Waals surface area contributed by atoms with Crippen LogP contribution in [-0.2, 0) is 9.53 Å². The molecule has 1 aromatic carbocycles. The molecule has 0 heterocycles. The normalized spacial score (nSPS) is 14.2. The first-order chi connectivity index (χ1) is 7.95. The Labute approximate surface area is 110 Å². The number of benzene rings is 1. The van der Waals surface area contributed by atoms with Gasteiger partial charge in [-0.3, -0.25) is 4.79 Å². The van der Waals surface area contributed by atoms with E-state index >= 15 is 0 Å². The van der Waals surface area contributed by atoms with Crippen molar-refractivity contribution in [3.05, 3.63) is 33.8 Å². The summed E-state index contributed by atoms with van der Waals surface area (Å²) in [6, 6.07) is 5.76. The number of carbonyl (C=O) groups excluding carboxylic acids is 1. The van der Waals surface area contributed by atoms with E-state index in [4.69, 9.17) is 0 Å². The third kappa shape index (κ3) is 3.82. The van der Waals surface area contributed by atoms with Crippen molar-refractivity contribution in [3.63, 3.8) is 0 Å². The molecule has 4 heteroatoms. The molecular formula is C13H17BrO3. The molecule has 0 saturated carbocycles. The monoisotopic (exact) mass is 300 g/mol. The molecule has 0 aromatic heterocycles. The van der Waals surface area contributed by atoms with Gasteiger partial charge in [0.2, 0.25) is 0 Å². The predicted molar refractivity (Wildman–Crippen MR) is 69.6 cm³/mol. The number of rotatable bonds is 4. The first-order valence-electron chi connectivity index (χ1n) is 5.46. The summed E-state index contributed by atoms with van der Waals surface area (Å²) in [5.41, 5.74) is 1.92. The standard InChI is InChI=1S/C13H17BrO3/c1-8-4-5-10(11(14)6-8)13(16)9(2)7-12(15)17-3/h4-6,9,13,16H,7H2,1-3H3. The number of hydrogen-bond acceptors (Lipinski definition) is 3. The molecule has 0 fully saturated rings. The van der Waals surface area contributed by atoms with Gasteiger partial charge in [0, 0.05) is 4.47 Å². The highest BCUT2D eigenvalue weighted by molar-refractivity contribution is 9.10. The molecule has 0 radical (unpaired) electrons. The highest BCUT2D eigenvalue weighted by Crippen LogP contribution is 2.30. The fourth-order valence-corrected chi connectivity index (χ4v) is 2.36. The average molecular weight is 301 g/mol. The van der Waals surface area contributed by atoms with Crippen LogP contribution in [0.4, 0.5) is 0 Å². The summed E-state index contributed by atoms with van der Waals surface area (Å²) in [4.78, 5) is 11.2. The quantitative estimate of drug-likeness (QED) is 0.870. The van der Waals surface area contributed by atoms with Crippen LogP contribution in [0.1, 0.15) is 30.6 Å². The summed E-state index contributed by atoms with van der Waals surface area (Å²) >= 11 is 3.42. The highest BCUT2D eigenvalue weighted by Gasteiger charge is 2.21. The van der Waals surface area contributed by atoms with Gasteiger partial charge in [-0.2, -0.15) is 0 Å². The van der Waals surface area contributed by atoms with Crippen LogP contribution in [0.25, 0.3) is 0 Å². The van der Waals surface area contributed by atoms with Crippen LogP contribution in [0.15, 0.2) is 22.7 Å². The largest absolute Gasteiger partial charge is 0.469 e. The van der Waals surface area contributed by atoms with Crippen LogP contribution in [0, 0.1) is 12.8 Å². The maximum atomic E-state index is 11.2. The van der Waals surface area contributed by atoms with E-state index in [-0.39, 0.29) is 18.3 Å². The smallest absolute Gasteiger partial charge is 0.305 e. The summed E-state index contributed by atoms with van der Waals surface area (Å²) in [5.74, 6) is -0.485. The van der Waals surface area contributed by atoms with E-state index in [1.165, 1.54) is 7.11 Å². The van der Waals surface area contributed by atoms with Gasteiger partial charge in [-0.1, -0.05) is 35.0 Å². The number of esters is 1. The number of ether oxygens (including phenoxy) is 1. The minimum Gasteiger partial charge on any atom is -0.469 e. The molecular weight excluding hydrogens is 284 g/mol. The Hall–Kier alpha value is -0.870. The topological polar surface area (TPSA) is 46.5 Å². The lowest BCUT2D eigenvalue weighted by Gasteiger charge is -2.19. The van der Waals surface area contributed by atoms with Crippen molar-refractivity contribution in [2.45, 2.75) is 26.4 Å². The molecule has 0 aliphatic carbocycles. The van der Waals surface area contributed by atoms with Gasteiger partial charge in [0.15, 0.2) is 0 Å². The van der Waals surface area contributed by atoms with Crippen LogP contribution in [0.2, 0.25) is 0 Å². The van der Waals surface area contributed by atoms with E-state index in [0.29, 0.717) is 0 Å². The number of methoxy groups -OCH3 is 1. The number of hydrogen-bond donors (Lipinski definition) is 1. The molecule has 94 valence electrons. The van der Waals surface area contributed by atoms with Gasteiger partial charge < -0.3 is 9.84 Å². The van der Waals surface area contributed by atoms with E-state index < -0.39 is 6.10 Å². The summed E-state index contributed by atoms with van der Waals surface area (Å²) in [7, 11) is 1.35. The molecule has 0 saturated heterocycles. The molecule has 17 heavy (non-hydrogen) atoms. The molecule has 0 aliphatic heterocycles. The lowest BCUT2D eigenvalue weighted by molar-refractivity contribution is -0.142. The van der Waals surface area contributed by atoms with Crippen molar-refractivity contribution in [2.75, 3.05) is 7.11 Å². The van der Waals surface area contributed by atoms with E-state index in [1.807, 2.05) is 32.0 Å². The van der Waals surface area contributed by atoms with Gasteiger partial charge in [-0.25, -0.2) is 0 Å². The van der Waals surface area contributed by atoms with Crippen LogP contribution < -0.4 is 0 Å². The maximum Gasteiger partial charge on any atom is 0.305 e. The Morgan fingerprint density at radius 2 is 2.18 bits per heavy atom. The Morgan fingerprint density at radius 1 is 1.53 bits per heavy atom. The Kier molecular flexibility index (Phi) is 5.15. The van der Waals surface area contributed by atoms with Gasteiger partial charge in [-0.15, -0.1) is 0 Å². The number of carbonyl (C=O) groups is 1. The van der Waals surface area contributed by atoms with Gasteiger partial charge in [0.1, 0.15) is 0 Å². The molecule has 0 spiro atoms. The second-order valence-electron chi connectivity index (χ2n) is 4.23. The first kappa shape index (κ1) is 14.2. The zero-order valence-electron chi connectivity index (χ0n) is 10.2. The molecule has 1 aromatic rings. The summed E-state index contributed by atoms with van der Waals surface area (Å²) in [6.07, 6.45) is -0.470. The van der Waals surface area contributed by atoms with Crippen LogP contribution in [0.3, 0.4) is 0 Å². The fourth-order valence-electron chi connectivity index (χ4n) is 1.64. The second kappa shape index (κ2) is 6.17. The molecule has 0 aliphatic rings. The number of aliphatic hydroxyl groups is 1. The maximum absolute atomic E-state index is 11.2. The van der Waals surface area contributed by atoms with E-state index in [0.717, 1.165) is 15.6 Å². The van der Waals surface area contributed by atoms with Crippen molar-refractivity contribution in [1.29, 1.82) is 0 Å². The van der Waals surface area contributed by atoms with Crippen molar-refractivity contribution in [1.82, 2.24) is 0 Å². The number of halogens is 1. The van der Waals surface area contributed by atoms with Gasteiger partial charge in [-0.05, 0) is 30.0 Å². The Morgan fingerprint density at radius 3 is 2.71 bits per heavy atom. The first-order valence-corrected chi connectivity index (χ1v) is 6.26. The van der Waals surface area contributed by atoms with E-state index in [2.05, 4.69) is 20.7 Å². The van der Waals surface area contributed by atoms with Gasteiger partial charge in [0.25, 0.3) is 0 Å². The molecule has 3 nitrogen and oxygen atoms in total. The summed E-state index contributed by atoms with van der Waals surface area (Å²) in [5, 5.41) is 10.2. The number of aryl methyl sites for hydroxylation is 1. The zero-order chi connectivity index (χ0) is 13.0. The minimum absolute atomic E-state index is 0.179. The van der Waals surface area contributed by atoms with E-state index in [1.54, 1.807) is 0 Å². The molecule has 2 atom stereocenters. The zero-order valence-corrected chi connectivity index (χ0v) is 11.8.